The van der Waals surface area contributed by atoms with Gasteiger partial charge in [-0.15, -0.1) is 15.2 Å². The maximum atomic E-state index is 13.1. The molecule has 0 aliphatic rings. The molecule has 1 atom stereocenters. The number of hydrazine groups is 1. The average molecular weight is 742 g/mol. The van der Waals surface area contributed by atoms with E-state index in [9.17, 15) is 24.5 Å². The summed E-state index contributed by atoms with van der Waals surface area (Å²) >= 11 is 0. The van der Waals surface area contributed by atoms with Crippen molar-refractivity contribution in [2.24, 2.45) is 16.7 Å². The quantitative estimate of drug-likeness (QED) is 0.0154. The number of para-hydroxylation sites is 2. The van der Waals surface area contributed by atoms with Gasteiger partial charge in [-0.3, -0.25) is 9.36 Å². The zero-order valence-corrected chi connectivity index (χ0v) is 29.0. The molecule has 1 unspecified atom stereocenters. The molecule has 54 heavy (non-hydrogen) atoms. The number of esters is 1. The van der Waals surface area contributed by atoms with E-state index < -0.39 is 36.8 Å². The number of nitrogens with zero attached hydrogens (tertiary/aromatic N) is 5. The van der Waals surface area contributed by atoms with Crippen molar-refractivity contribution >= 4 is 35.5 Å². The molecule has 18 nitrogen and oxygen atoms in total. The maximum Gasteiger partial charge on any atom is 0.515 e. The second-order valence-corrected chi connectivity index (χ2v) is 11.2. The normalized spacial score (nSPS) is 11.6. The highest BCUT2D eigenvalue weighted by molar-refractivity contribution is 6.03. The fourth-order valence-corrected chi connectivity index (χ4v) is 5.27. The van der Waals surface area contributed by atoms with Crippen LogP contribution < -0.4 is 21.1 Å². The van der Waals surface area contributed by atoms with Gasteiger partial charge in [-0.1, -0.05) is 72.8 Å². The minimum absolute atomic E-state index is 0.00561. The third-order valence-corrected chi connectivity index (χ3v) is 7.60. The molecule has 0 amide bonds. The summed E-state index contributed by atoms with van der Waals surface area (Å²) in [5.74, 6) is 5.28. The van der Waals surface area contributed by atoms with Crippen molar-refractivity contribution in [2.45, 2.75) is 33.3 Å². The van der Waals surface area contributed by atoms with E-state index in [0.717, 1.165) is 21.8 Å². The molecular formula is C36H35N7O11. The smallest absolute Gasteiger partial charge is 0.465 e. The van der Waals surface area contributed by atoms with Crippen molar-refractivity contribution in [1.29, 1.82) is 0 Å². The summed E-state index contributed by atoms with van der Waals surface area (Å²) in [7, 11) is 0. The van der Waals surface area contributed by atoms with Crippen molar-refractivity contribution in [3.05, 3.63) is 123 Å². The van der Waals surface area contributed by atoms with Gasteiger partial charge in [0.05, 0.1) is 29.7 Å². The van der Waals surface area contributed by atoms with Crippen LogP contribution in [0.2, 0.25) is 0 Å². The Balaban J connectivity index is 1.30. The van der Waals surface area contributed by atoms with Crippen LogP contribution in [0.4, 0.5) is 4.79 Å². The van der Waals surface area contributed by atoms with Crippen molar-refractivity contribution in [2.75, 3.05) is 13.3 Å². The number of rotatable bonds is 17. The summed E-state index contributed by atoms with van der Waals surface area (Å²) in [6.45, 7) is 3.11. The Hall–Kier alpha value is -7.21. The number of imidazole rings is 1. The van der Waals surface area contributed by atoms with Gasteiger partial charge < -0.3 is 34.3 Å². The molecule has 0 spiro atoms. The lowest BCUT2D eigenvalue weighted by Gasteiger charge is -2.16. The molecule has 5 aromatic rings. The fraction of sp³-hybridized carbons (Fsp3) is 0.194. The Kier molecular flexibility index (Phi) is 12.6. The minimum Gasteiger partial charge on any atom is -0.465 e. The Bertz CT molecular complexity index is 2150. The molecular weight excluding hydrogens is 706 g/mol. The van der Waals surface area contributed by atoms with Gasteiger partial charge in [0, 0.05) is 18.1 Å². The summed E-state index contributed by atoms with van der Waals surface area (Å²) in [6, 6.07) is 26.2. The Labute approximate surface area is 307 Å². The molecule has 5 rings (SSSR count). The van der Waals surface area contributed by atoms with Crippen molar-refractivity contribution in [3.63, 3.8) is 0 Å². The van der Waals surface area contributed by atoms with Crippen LogP contribution in [0.3, 0.4) is 0 Å². The topological polar surface area (TPSA) is 235 Å². The van der Waals surface area contributed by atoms with Crippen molar-refractivity contribution in [3.8, 4) is 22.9 Å². The van der Waals surface area contributed by atoms with Crippen molar-refractivity contribution < 1.29 is 48.0 Å². The number of ether oxygens (including phenoxy) is 5. The zero-order valence-electron chi connectivity index (χ0n) is 29.0. The first kappa shape index (κ1) is 38.0. The lowest BCUT2D eigenvalue weighted by atomic mass is 9.98. The maximum absolute atomic E-state index is 13.1. The summed E-state index contributed by atoms with van der Waals surface area (Å²) in [4.78, 5) is 55.6. The minimum atomic E-state index is -1.14. The van der Waals surface area contributed by atoms with Crippen LogP contribution in [0, 0.1) is 10.1 Å². The van der Waals surface area contributed by atoms with E-state index in [-0.39, 0.29) is 35.7 Å². The third kappa shape index (κ3) is 9.56. The molecule has 0 fully saturated rings. The first-order valence-electron chi connectivity index (χ1n) is 16.2. The molecule has 0 bridgehead atoms. The molecule has 0 aliphatic carbocycles. The van der Waals surface area contributed by atoms with Crippen LogP contribution >= 0.6 is 0 Å². The van der Waals surface area contributed by atoms with Gasteiger partial charge in [-0.2, -0.15) is 10.1 Å². The summed E-state index contributed by atoms with van der Waals surface area (Å²) < 4.78 is 27.8. The Morgan fingerprint density at radius 3 is 2.48 bits per heavy atom. The van der Waals surface area contributed by atoms with E-state index in [1.54, 1.807) is 47.0 Å². The molecule has 0 saturated carbocycles. The van der Waals surface area contributed by atoms with Crippen molar-refractivity contribution in [1.82, 2.24) is 14.7 Å². The largest absolute Gasteiger partial charge is 0.515 e. The van der Waals surface area contributed by atoms with Crippen LogP contribution in [-0.4, -0.2) is 63.8 Å². The van der Waals surface area contributed by atoms with Crippen LogP contribution in [-0.2, 0) is 37.0 Å². The number of nitrogens with two attached hydrogens (primary N) is 2. The first-order valence-corrected chi connectivity index (χ1v) is 16.2. The van der Waals surface area contributed by atoms with Crippen LogP contribution in [0.1, 0.15) is 40.9 Å². The van der Waals surface area contributed by atoms with E-state index in [4.69, 9.17) is 35.3 Å². The molecule has 0 aliphatic heterocycles. The predicted octanol–water partition coefficient (Wildman–Crippen LogP) is 4.50. The number of hydrazone groups is 1. The lowest BCUT2D eigenvalue weighted by molar-refractivity contribution is -0.763. The van der Waals surface area contributed by atoms with E-state index in [1.807, 2.05) is 43.3 Å². The zero-order chi connectivity index (χ0) is 38.6. The summed E-state index contributed by atoms with van der Waals surface area (Å²) in [5, 5.41) is 14.5. The standard InChI is InChI=1S/C36H35N7O11/c1-3-49-35-39-30-13-8-12-29(34(45)53-23(2)51-22-44)32(30)41(35)19-24-15-17-25(18-16-24)27-10-5-6-11-28(27)33(37)40-42(38)21-50-36(46)54-31-14-7-4-9-26(31)20-52-43(47)48/h4-18,22-23H,3,19-21,38H2,1-2H3,(H2,37,40). The second-order valence-electron chi connectivity index (χ2n) is 11.2. The highest BCUT2D eigenvalue weighted by atomic mass is 16.9. The average Bonchev–Trinajstić information content (AvgIpc) is 3.50. The van der Waals surface area contributed by atoms with Gasteiger partial charge >= 0.3 is 12.1 Å². The Morgan fingerprint density at radius 1 is 1.02 bits per heavy atom. The van der Waals surface area contributed by atoms with Crippen LogP contribution in [0.25, 0.3) is 22.2 Å². The van der Waals surface area contributed by atoms with E-state index in [2.05, 4.69) is 14.9 Å². The molecule has 280 valence electrons. The van der Waals surface area contributed by atoms with E-state index in [1.165, 1.54) is 19.1 Å². The van der Waals surface area contributed by atoms with Gasteiger partial charge in [0.25, 0.3) is 17.6 Å². The molecule has 1 heterocycles. The van der Waals surface area contributed by atoms with Gasteiger partial charge in [0.15, 0.2) is 12.6 Å². The van der Waals surface area contributed by atoms with E-state index in [0.29, 0.717) is 29.2 Å². The molecule has 4 N–H and O–H groups in total. The monoisotopic (exact) mass is 741 g/mol. The number of fused-ring (bicyclic) bond motifs is 1. The highest BCUT2D eigenvalue weighted by Crippen LogP contribution is 2.29. The number of benzene rings is 4. The van der Waals surface area contributed by atoms with Gasteiger partial charge in [-0.05, 0) is 41.8 Å². The molecule has 0 saturated heterocycles. The molecule has 4 aromatic carbocycles. The first-order chi connectivity index (χ1) is 26.1. The summed E-state index contributed by atoms with van der Waals surface area (Å²) in [6.07, 6.45) is -2.23. The highest BCUT2D eigenvalue weighted by Gasteiger charge is 2.22. The third-order valence-electron chi connectivity index (χ3n) is 7.60. The number of amidine groups is 1. The molecule has 1 aromatic heterocycles. The second kappa shape index (κ2) is 17.8. The lowest BCUT2D eigenvalue weighted by Crippen LogP contribution is -2.33. The van der Waals surface area contributed by atoms with Gasteiger partial charge in [0.1, 0.15) is 12.4 Å². The predicted molar refractivity (Wildman–Crippen MR) is 191 cm³/mol. The number of carbonyl (C=O) groups is 3. The molecule has 0 radical (unpaired) electrons. The fourth-order valence-electron chi connectivity index (χ4n) is 5.27. The van der Waals surface area contributed by atoms with E-state index >= 15 is 0 Å². The SMILES string of the molecule is CCOc1nc2cccc(C(=O)OC(C)OC=O)c2n1Cc1ccc(-c2ccccc2/C(N)=N/N(N)COC(=O)Oc2ccccc2CO[N+](=O)[O-])cc1. The van der Waals surface area contributed by atoms with Crippen LogP contribution in [0.15, 0.2) is 96.1 Å². The Morgan fingerprint density at radius 2 is 1.74 bits per heavy atom. The number of carbonyl (C=O) groups excluding carboxylic acids is 3. The number of hydrogen-bond donors (Lipinski definition) is 2. The van der Waals surface area contributed by atoms with Crippen LogP contribution in [0.5, 0.6) is 11.8 Å². The molecule has 18 heteroatoms. The summed E-state index contributed by atoms with van der Waals surface area (Å²) in [5.41, 5.74) is 10.7. The number of hydrogen-bond acceptors (Lipinski definition) is 15. The number of aromatic nitrogens is 2. The van der Waals surface area contributed by atoms with Gasteiger partial charge in [-0.25, -0.2) is 15.4 Å². The van der Waals surface area contributed by atoms with Gasteiger partial charge in [0.2, 0.25) is 6.29 Å².